The van der Waals surface area contributed by atoms with E-state index in [-0.39, 0.29) is 12.1 Å². The first-order valence-electron chi connectivity index (χ1n) is 4.48. The van der Waals surface area contributed by atoms with E-state index >= 15 is 0 Å². The quantitative estimate of drug-likeness (QED) is 0.535. The molecule has 0 aromatic carbocycles. The Hall–Kier alpha value is -0.810. The molecule has 5 nitrogen and oxygen atoms in total. The van der Waals surface area contributed by atoms with Gasteiger partial charge in [-0.3, -0.25) is 0 Å². The zero-order chi connectivity index (χ0) is 10.1. The molecule has 0 bridgehead atoms. The van der Waals surface area contributed by atoms with Gasteiger partial charge in [0.25, 0.3) is 0 Å². The fourth-order valence-electron chi connectivity index (χ4n) is 0.845. The van der Waals surface area contributed by atoms with Crippen LogP contribution < -0.4 is 16.4 Å². The standard InChI is InChI=1S/C8H19N3O2/c1-3-4-10-8(12)11-7(5-9)6-13-2/h7H,3-6,9H2,1-2H3,(H2,10,11,12). The molecular weight excluding hydrogens is 170 g/mol. The number of rotatable bonds is 6. The molecule has 0 aliphatic heterocycles. The maximum Gasteiger partial charge on any atom is 0.315 e. The third-order valence-corrected chi connectivity index (χ3v) is 1.52. The number of nitrogens with two attached hydrogens (primary N) is 1. The highest BCUT2D eigenvalue weighted by atomic mass is 16.5. The molecule has 0 spiro atoms. The van der Waals surface area contributed by atoms with Crippen LogP contribution in [0, 0.1) is 0 Å². The van der Waals surface area contributed by atoms with Gasteiger partial charge in [0, 0.05) is 20.2 Å². The highest BCUT2D eigenvalue weighted by Crippen LogP contribution is 1.81. The molecule has 1 atom stereocenters. The molecule has 0 saturated carbocycles. The van der Waals surface area contributed by atoms with E-state index in [4.69, 9.17) is 10.5 Å². The summed E-state index contributed by atoms with van der Waals surface area (Å²) in [5.74, 6) is 0. The Balaban J connectivity index is 3.60. The highest BCUT2D eigenvalue weighted by Gasteiger charge is 2.08. The molecule has 0 heterocycles. The summed E-state index contributed by atoms with van der Waals surface area (Å²) in [5, 5.41) is 5.40. The van der Waals surface area contributed by atoms with Crippen LogP contribution in [0.5, 0.6) is 0 Å². The number of urea groups is 1. The van der Waals surface area contributed by atoms with E-state index < -0.39 is 0 Å². The van der Waals surface area contributed by atoms with Gasteiger partial charge in [0.15, 0.2) is 0 Å². The van der Waals surface area contributed by atoms with Crippen molar-refractivity contribution in [2.24, 2.45) is 5.73 Å². The monoisotopic (exact) mass is 189 g/mol. The minimum Gasteiger partial charge on any atom is -0.383 e. The molecule has 4 N–H and O–H groups in total. The third-order valence-electron chi connectivity index (χ3n) is 1.52. The van der Waals surface area contributed by atoms with Crippen molar-refractivity contribution in [1.82, 2.24) is 10.6 Å². The third kappa shape index (κ3) is 6.36. The van der Waals surface area contributed by atoms with Crippen molar-refractivity contribution in [2.45, 2.75) is 19.4 Å². The second kappa shape index (κ2) is 7.82. The lowest BCUT2D eigenvalue weighted by atomic mass is 10.3. The number of ether oxygens (including phenoxy) is 1. The smallest absolute Gasteiger partial charge is 0.315 e. The van der Waals surface area contributed by atoms with Gasteiger partial charge in [0.1, 0.15) is 0 Å². The summed E-state index contributed by atoms with van der Waals surface area (Å²) in [6.07, 6.45) is 0.922. The summed E-state index contributed by atoms with van der Waals surface area (Å²) in [6.45, 7) is 3.50. The number of carbonyl (C=O) groups is 1. The Labute approximate surface area is 79.0 Å². The minimum absolute atomic E-state index is 0.109. The average Bonchev–Trinajstić information content (AvgIpc) is 2.14. The van der Waals surface area contributed by atoms with E-state index in [0.717, 1.165) is 6.42 Å². The lowest BCUT2D eigenvalue weighted by molar-refractivity contribution is 0.167. The fraction of sp³-hybridized carbons (Fsp3) is 0.875. The molecule has 0 radical (unpaired) electrons. The van der Waals surface area contributed by atoms with Crippen LogP contribution in [0.3, 0.4) is 0 Å². The van der Waals surface area contributed by atoms with Crippen molar-refractivity contribution in [3.8, 4) is 0 Å². The molecule has 0 aromatic heterocycles. The summed E-state index contributed by atoms with van der Waals surface area (Å²) in [4.78, 5) is 11.1. The van der Waals surface area contributed by atoms with Crippen molar-refractivity contribution in [3.05, 3.63) is 0 Å². The molecule has 0 aromatic rings. The molecule has 78 valence electrons. The van der Waals surface area contributed by atoms with Gasteiger partial charge in [-0.1, -0.05) is 6.92 Å². The summed E-state index contributed by atoms with van der Waals surface area (Å²) in [5.41, 5.74) is 5.41. The van der Waals surface area contributed by atoms with Crippen LogP contribution in [0.4, 0.5) is 4.79 Å². The molecule has 0 aliphatic rings. The minimum atomic E-state index is -0.186. The zero-order valence-corrected chi connectivity index (χ0v) is 8.30. The van der Waals surface area contributed by atoms with Crippen molar-refractivity contribution in [1.29, 1.82) is 0 Å². The first-order valence-corrected chi connectivity index (χ1v) is 4.48. The van der Waals surface area contributed by atoms with Crippen LogP contribution in [0.25, 0.3) is 0 Å². The molecule has 1 unspecified atom stereocenters. The number of methoxy groups -OCH3 is 1. The Morgan fingerprint density at radius 3 is 2.77 bits per heavy atom. The molecule has 0 saturated heterocycles. The predicted octanol–water partition coefficient (Wildman–Crippen LogP) is -0.331. The van der Waals surface area contributed by atoms with Gasteiger partial charge < -0.3 is 21.1 Å². The normalized spacial score (nSPS) is 12.2. The van der Waals surface area contributed by atoms with Crippen molar-refractivity contribution in [2.75, 3.05) is 26.8 Å². The van der Waals surface area contributed by atoms with E-state index in [0.29, 0.717) is 19.7 Å². The van der Waals surface area contributed by atoms with Crippen molar-refractivity contribution >= 4 is 6.03 Å². The van der Waals surface area contributed by atoms with E-state index in [1.54, 1.807) is 7.11 Å². The van der Waals surface area contributed by atoms with Crippen LogP contribution in [0.2, 0.25) is 0 Å². The fourth-order valence-corrected chi connectivity index (χ4v) is 0.845. The van der Waals surface area contributed by atoms with Crippen LogP contribution >= 0.6 is 0 Å². The van der Waals surface area contributed by atoms with Gasteiger partial charge in [-0.15, -0.1) is 0 Å². The summed E-state index contributed by atoms with van der Waals surface area (Å²) in [6, 6.07) is -0.295. The SMILES string of the molecule is CCCNC(=O)NC(CN)COC. The predicted molar refractivity (Wildman–Crippen MR) is 51.5 cm³/mol. The summed E-state index contributed by atoms with van der Waals surface area (Å²) < 4.78 is 4.88. The number of hydrogen-bond donors (Lipinski definition) is 3. The highest BCUT2D eigenvalue weighted by molar-refractivity contribution is 5.74. The first-order chi connectivity index (χ1) is 6.24. The molecule has 0 rings (SSSR count). The molecule has 0 fully saturated rings. The second-order valence-electron chi connectivity index (χ2n) is 2.79. The molecule has 0 aliphatic carbocycles. The maximum atomic E-state index is 11.1. The van der Waals surface area contributed by atoms with Gasteiger partial charge in [0.2, 0.25) is 0 Å². The van der Waals surface area contributed by atoms with Gasteiger partial charge in [-0.05, 0) is 6.42 Å². The number of amides is 2. The molecule has 2 amide bonds. The average molecular weight is 189 g/mol. The van der Waals surface area contributed by atoms with E-state index in [2.05, 4.69) is 10.6 Å². The van der Waals surface area contributed by atoms with Gasteiger partial charge in [-0.25, -0.2) is 4.79 Å². The lowest BCUT2D eigenvalue weighted by Crippen LogP contribution is -2.47. The Bertz CT molecular complexity index is 141. The van der Waals surface area contributed by atoms with Crippen LogP contribution in [-0.2, 0) is 4.74 Å². The topological polar surface area (TPSA) is 76.4 Å². The summed E-state index contributed by atoms with van der Waals surface area (Å²) >= 11 is 0. The first kappa shape index (κ1) is 12.2. The van der Waals surface area contributed by atoms with Crippen LogP contribution in [0.15, 0.2) is 0 Å². The molecule has 5 heteroatoms. The Kier molecular flexibility index (Phi) is 7.33. The second-order valence-corrected chi connectivity index (χ2v) is 2.79. The van der Waals surface area contributed by atoms with Gasteiger partial charge in [0.05, 0.1) is 12.6 Å². The summed E-state index contributed by atoms with van der Waals surface area (Å²) in [7, 11) is 1.58. The van der Waals surface area contributed by atoms with Crippen molar-refractivity contribution < 1.29 is 9.53 Å². The van der Waals surface area contributed by atoms with Crippen LogP contribution in [-0.4, -0.2) is 38.9 Å². The Morgan fingerprint density at radius 2 is 2.31 bits per heavy atom. The number of hydrogen-bond acceptors (Lipinski definition) is 3. The van der Waals surface area contributed by atoms with E-state index in [9.17, 15) is 4.79 Å². The lowest BCUT2D eigenvalue weighted by Gasteiger charge is -2.15. The van der Waals surface area contributed by atoms with Crippen LogP contribution in [0.1, 0.15) is 13.3 Å². The van der Waals surface area contributed by atoms with Gasteiger partial charge >= 0.3 is 6.03 Å². The van der Waals surface area contributed by atoms with E-state index in [1.807, 2.05) is 6.92 Å². The molecule has 13 heavy (non-hydrogen) atoms. The zero-order valence-electron chi connectivity index (χ0n) is 8.30. The molecular formula is C8H19N3O2. The van der Waals surface area contributed by atoms with E-state index in [1.165, 1.54) is 0 Å². The largest absolute Gasteiger partial charge is 0.383 e. The maximum absolute atomic E-state index is 11.1. The van der Waals surface area contributed by atoms with Crippen molar-refractivity contribution in [3.63, 3.8) is 0 Å². The number of carbonyl (C=O) groups excluding carboxylic acids is 1. The van der Waals surface area contributed by atoms with Gasteiger partial charge in [-0.2, -0.15) is 0 Å². The Morgan fingerprint density at radius 1 is 1.62 bits per heavy atom. The number of nitrogens with one attached hydrogen (secondary N) is 2.